The number of carboxylic acid groups (broad SMARTS) is 4. The summed E-state index contributed by atoms with van der Waals surface area (Å²) in [6.45, 7) is 6.84. The molecule has 6 N–H and O–H groups in total. The van der Waals surface area contributed by atoms with E-state index < -0.39 is 23.9 Å². The van der Waals surface area contributed by atoms with Gasteiger partial charge in [0.25, 0.3) is 0 Å². The number of methoxy groups -OCH3 is 1. The van der Waals surface area contributed by atoms with Crippen LogP contribution in [0.1, 0.15) is 30.7 Å². The predicted molar refractivity (Wildman–Crippen MR) is 195 cm³/mol. The molecule has 4 aromatic rings. The molecule has 2 aromatic heterocycles. The van der Waals surface area contributed by atoms with Crippen molar-refractivity contribution in [1.29, 1.82) is 0 Å². The quantitative estimate of drug-likeness (QED) is 0.0973. The second-order valence-electron chi connectivity index (χ2n) is 10.9. The number of hydrogen-bond acceptors (Lipinski definition) is 11. The fourth-order valence-electron chi connectivity index (χ4n) is 3.94. The zero-order chi connectivity index (χ0) is 39.5. The number of aromatic nitrogens is 3. The number of aryl methyl sites for hydroxylation is 2. The maximum Gasteiger partial charge on any atom is 0.331 e. The van der Waals surface area contributed by atoms with E-state index in [2.05, 4.69) is 25.6 Å². The minimum atomic E-state index is -1.24. The molecule has 278 valence electrons. The van der Waals surface area contributed by atoms with Crippen molar-refractivity contribution in [2.75, 3.05) is 25.6 Å². The highest BCUT2D eigenvalue weighted by molar-refractivity contribution is 5.95. The second-order valence-corrected chi connectivity index (χ2v) is 10.9. The van der Waals surface area contributed by atoms with Gasteiger partial charge < -0.3 is 40.5 Å². The van der Waals surface area contributed by atoms with Crippen molar-refractivity contribution >= 4 is 58.3 Å². The van der Waals surface area contributed by atoms with Crippen molar-refractivity contribution in [1.82, 2.24) is 20.3 Å². The zero-order valence-corrected chi connectivity index (χ0v) is 29.5. The number of nitrogens with zero attached hydrogens (tertiary/aromatic N) is 3. The fraction of sp³-hybridized carbons (Fsp3) is 0.189. The monoisotopic (exact) mass is 729 g/mol. The first kappa shape index (κ1) is 42.2. The molecule has 16 nitrogen and oxygen atoms in total. The van der Waals surface area contributed by atoms with Gasteiger partial charge in [-0.1, -0.05) is 18.2 Å². The Morgan fingerprint density at radius 1 is 0.811 bits per heavy atom. The molecule has 16 heteroatoms. The zero-order valence-electron chi connectivity index (χ0n) is 29.5. The van der Waals surface area contributed by atoms with Gasteiger partial charge in [-0.2, -0.15) is 0 Å². The van der Waals surface area contributed by atoms with E-state index in [-0.39, 0.29) is 23.7 Å². The Labute approximate surface area is 304 Å². The molecule has 0 unspecified atom stereocenters. The standard InChI is InChI=1S/C27H27N5O3.2C5H6O4/c1-18-13-21(8-11-25(18)35-22-9-6-19(2)29-15-22)32-27-23-14-20(7-10-24(23)30-17-31-27)5-4-12-28-26(33)16-34-3;2*1-3(5(8)9)2-4(6)7/h4-11,13-15,17H,12,16H2,1-3H3,(H,28,33)(H,30,31,32);2*2H,1H3,(H,6,7)(H,8,9)/b5-4+;2*3-2-. The smallest absolute Gasteiger partial charge is 0.331 e. The van der Waals surface area contributed by atoms with E-state index in [4.69, 9.17) is 29.9 Å². The molecule has 0 atom stereocenters. The number of anilines is 2. The van der Waals surface area contributed by atoms with Crippen LogP contribution in [0.25, 0.3) is 17.0 Å². The second kappa shape index (κ2) is 21.3. The van der Waals surface area contributed by atoms with E-state index in [1.807, 2.05) is 74.5 Å². The summed E-state index contributed by atoms with van der Waals surface area (Å²) in [5.74, 6) is -2.90. The van der Waals surface area contributed by atoms with Crippen LogP contribution in [0.3, 0.4) is 0 Å². The number of aliphatic carboxylic acids is 4. The lowest BCUT2D eigenvalue weighted by atomic mass is 10.1. The Balaban J connectivity index is 0.000000445. The summed E-state index contributed by atoms with van der Waals surface area (Å²) in [5.41, 5.74) is 4.26. The number of rotatable bonds is 13. The fourth-order valence-corrected chi connectivity index (χ4v) is 3.94. The molecule has 1 amide bonds. The number of nitrogens with one attached hydrogen (secondary N) is 2. The number of benzene rings is 2. The molecule has 0 saturated carbocycles. The Bertz CT molecular complexity index is 1980. The summed E-state index contributed by atoms with van der Waals surface area (Å²) in [5, 5.41) is 39.2. The lowest BCUT2D eigenvalue weighted by molar-refractivity contribution is -0.135. The minimum absolute atomic E-state index is 0.0475. The lowest BCUT2D eigenvalue weighted by Gasteiger charge is -2.12. The molecule has 0 bridgehead atoms. The van der Waals surface area contributed by atoms with Crippen LogP contribution in [-0.4, -0.2) is 85.4 Å². The number of amides is 1. The van der Waals surface area contributed by atoms with Crippen LogP contribution in [-0.2, 0) is 28.7 Å². The number of fused-ring (bicyclic) bond motifs is 1. The van der Waals surface area contributed by atoms with E-state index in [1.54, 1.807) is 12.5 Å². The molecule has 2 heterocycles. The average Bonchev–Trinajstić information content (AvgIpc) is 3.09. The number of carboxylic acids is 4. The van der Waals surface area contributed by atoms with Gasteiger partial charge in [-0.3, -0.25) is 9.78 Å². The third-order valence-corrected chi connectivity index (χ3v) is 6.57. The number of ether oxygens (including phenoxy) is 2. The maximum absolute atomic E-state index is 11.5. The van der Waals surface area contributed by atoms with Gasteiger partial charge in [-0.15, -0.1) is 0 Å². The number of carbonyl (C=O) groups excluding carboxylic acids is 1. The van der Waals surface area contributed by atoms with E-state index in [0.29, 0.717) is 30.3 Å². The van der Waals surface area contributed by atoms with Gasteiger partial charge in [-0.05, 0) is 81.3 Å². The summed E-state index contributed by atoms with van der Waals surface area (Å²) in [4.78, 5) is 64.0. The van der Waals surface area contributed by atoms with Crippen molar-refractivity contribution in [2.45, 2.75) is 27.7 Å². The molecule has 0 saturated heterocycles. The maximum atomic E-state index is 11.5. The van der Waals surface area contributed by atoms with E-state index in [0.717, 1.165) is 39.2 Å². The largest absolute Gasteiger partial charge is 0.478 e. The van der Waals surface area contributed by atoms with Crippen LogP contribution in [0.5, 0.6) is 11.5 Å². The van der Waals surface area contributed by atoms with E-state index >= 15 is 0 Å². The van der Waals surface area contributed by atoms with Crippen LogP contribution in [0.4, 0.5) is 11.5 Å². The Kier molecular flexibility index (Phi) is 17.0. The van der Waals surface area contributed by atoms with Gasteiger partial charge in [0, 0.05) is 53.7 Å². The lowest BCUT2D eigenvalue weighted by Crippen LogP contribution is -2.26. The van der Waals surface area contributed by atoms with Crippen LogP contribution in [0.2, 0.25) is 0 Å². The highest BCUT2D eigenvalue weighted by Gasteiger charge is 2.08. The minimum Gasteiger partial charge on any atom is -0.478 e. The van der Waals surface area contributed by atoms with Gasteiger partial charge in [0.15, 0.2) is 0 Å². The van der Waals surface area contributed by atoms with Gasteiger partial charge in [0.05, 0.1) is 11.7 Å². The highest BCUT2D eigenvalue weighted by atomic mass is 16.5. The molecule has 0 aliphatic rings. The molecular formula is C37H39N5O11. The van der Waals surface area contributed by atoms with Crippen LogP contribution in [0, 0.1) is 13.8 Å². The molecule has 2 aromatic carbocycles. The van der Waals surface area contributed by atoms with E-state index in [1.165, 1.54) is 21.0 Å². The molecular weight excluding hydrogens is 690 g/mol. The third kappa shape index (κ3) is 15.7. The van der Waals surface area contributed by atoms with Crippen molar-refractivity contribution in [3.8, 4) is 11.5 Å². The average molecular weight is 730 g/mol. The van der Waals surface area contributed by atoms with Crippen LogP contribution in [0.15, 0.2) is 90.4 Å². The third-order valence-electron chi connectivity index (χ3n) is 6.57. The summed E-state index contributed by atoms with van der Waals surface area (Å²) in [6.07, 6.45) is 8.37. The molecule has 0 spiro atoms. The first-order valence-electron chi connectivity index (χ1n) is 15.5. The molecule has 0 radical (unpaired) electrons. The van der Waals surface area contributed by atoms with Crippen LogP contribution < -0.4 is 15.4 Å². The van der Waals surface area contributed by atoms with Gasteiger partial charge >= 0.3 is 23.9 Å². The summed E-state index contributed by atoms with van der Waals surface area (Å²) >= 11 is 0. The van der Waals surface area contributed by atoms with Gasteiger partial charge in [0.1, 0.15) is 30.3 Å². The van der Waals surface area contributed by atoms with Crippen molar-refractivity contribution in [3.63, 3.8) is 0 Å². The summed E-state index contributed by atoms with van der Waals surface area (Å²) < 4.78 is 10.8. The topological polar surface area (TPSA) is 247 Å². The normalized spacial score (nSPS) is 11.0. The number of carbonyl (C=O) groups is 5. The van der Waals surface area contributed by atoms with Crippen molar-refractivity contribution < 1.29 is 53.9 Å². The molecule has 0 aliphatic heterocycles. The Morgan fingerprint density at radius 2 is 1.47 bits per heavy atom. The first-order valence-corrected chi connectivity index (χ1v) is 15.5. The Morgan fingerprint density at radius 3 is 2.00 bits per heavy atom. The predicted octanol–water partition coefficient (Wildman–Crippen LogP) is 5.16. The van der Waals surface area contributed by atoms with Crippen molar-refractivity contribution in [2.24, 2.45) is 0 Å². The molecule has 0 aliphatic carbocycles. The molecule has 53 heavy (non-hydrogen) atoms. The Hall–Kier alpha value is -6.94. The number of pyridine rings is 1. The SMILES string of the molecule is C/C(=C/C(=O)O)C(=O)O.C/C(=C/C(=O)O)C(=O)O.COCC(=O)NC/C=C/c1ccc2ncnc(Nc3ccc(Oc4ccc(C)nc4)c(C)c3)c2c1. The highest BCUT2D eigenvalue weighted by Crippen LogP contribution is 2.30. The first-order chi connectivity index (χ1) is 25.1. The molecule has 0 fully saturated rings. The molecule has 4 rings (SSSR count). The number of hydrogen-bond donors (Lipinski definition) is 6. The summed E-state index contributed by atoms with van der Waals surface area (Å²) in [6, 6.07) is 15.6. The van der Waals surface area contributed by atoms with Crippen molar-refractivity contribution in [3.05, 3.63) is 107 Å². The summed E-state index contributed by atoms with van der Waals surface area (Å²) in [7, 11) is 1.49. The van der Waals surface area contributed by atoms with Crippen LogP contribution >= 0.6 is 0 Å². The van der Waals surface area contributed by atoms with Gasteiger partial charge in [-0.25, -0.2) is 29.1 Å². The van der Waals surface area contributed by atoms with E-state index in [9.17, 15) is 24.0 Å². The van der Waals surface area contributed by atoms with Gasteiger partial charge in [0.2, 0.25) is 5.91 Å².